The van der Waals surface area contributed by atoms with Gasteiger partial charge in [-0.1, -0.05) is 37.3 Å². The molecule has 2 nitrogen and oxygen atoms in total. The third-order valence-electron chi connectivity index (χ3n) is 4.15. The number of nitrogens with zero attached hydrogens (tertiary/aromatic N) is 1. The summed E-state index contributed by atoms with van der Waals surface area (Å²) in [5.74, 6) is 0.660. The summed E-state index contributed by atoms with van der Waals surface area (Å²) in [7, 11) is 0. The molecule has 1 aliphatic rings. The van der Waals surface area contributed by atoms with Gasteiger partial charge in [0.2, 0.25) is 0 Å². The van der Waals surface area contributed by atoms with E-state index in [9.17, 15) is 0 Å². The summed E-state index contributed by atoms with van der Waals surface area (Å²) in [4.78, 5) is 2.59. The number of nitrogens with one attached hydrogen (secondary N) is 1. The molecule has 1 aromatic carbocycles. The summed E-state index contributed by atoms with van der Waals surface area (Å²) in [5.41, 5.74) is 1.46. The van der Waals surface area contributed by atoms with Gasteiger partial charge in [0.15, 0.2) is 0 Å². The van der Waals surface area contributed by atoms with Crippen molar-refractivity contribution >= 4 is 0 Å². The van der Waals surface area contributed by atoms with Gasteiger partial charge in [-0.2, -0.15) is 0 Å². The SMILES string of the molecule is CC(CCNCCCN1CCCC1)c1ccccc1. The third-order valence-corrected chi connectivity index (χ3v) is 4.15. The Hall–Kier alpha value is -0.860. The summed E-state index contributed by atoms with van der Waals surface area (Å²) in [5, 5.41) is 3.58. The van der Waals surface area contributed by atoms with Gasteiger partial charge < -0.3 is 10.2 Å². The fourth-order valence-corrected chi connectivity index (χ4v) is 2.83. The quantitative estimate of drug-likeness (QED) is 0.722. The van der Waals surface area contributed by atoms with Crippen LogP contribution in [0.1, 0.15) is 44.1 Å². The maximum atomic E-state index is 3.58. The Morgan fingerprint density at radius 2 is 1.84 bits per heavy atom. The molecule has 0 aromatic heterocycles. The molecule has 0 bridgehead atoms. The number of rotatable bonds is 8. The first-order valence-corrected chi connectivity index (χ1v) is 7.84. The fraction of sp³-hybridized carbons (Fsp3) is 0.647. The molecule has 1 unspecified atom stereocenters. The van der Waals surface area contributed by atoms with Gasteiger partial charge in [0.1, 0.15) is 0 Å². The Kier molecular flexibility index (Phi) is 6.38. The van der Waals surface area contributed by atoms with Crippen LogP contribution in [-0.4, -0.2) is 37.6 Å². The van der Waals surface area contributed by atoms with Crippen LogP contribution in [0.5, 0.6) is 0 Å². The molecule has 1 saturated heterocycles. The molecule has 0 amide bonds. The minimum absolute atomic E-state index is 0.660. The van der Waals surface area contributed by atoms with Crippen LogP contribution in [0.3, 0.4) is 0 Å². The largest absolute Gasteiger partial charge is 0.317 e. The van der Waals surface area contributed by atoms with Crippen LogP contribution in [-0.2, 0) is 0 Å². The second-order valence-electron chi connectivity index (χ2n) is 5.75. The highest BCUT2D eigenvalue weighted by molar-refractivity contribution is 5.18. The lowest BCUT2D eigenvalue weighted by Gasteiger charge is -2.15. The molecule has 2 heteroatoms. The summed E-state index contributed by atoms with van der Waals surface area (Å²) < 4.78 is 0. The van der Waals surface area contributed by atoms with Crippen molar-refractivity contribution in [2.45, 2.75) is 38.5 Å². The first-order valence-electron chi connectivity index (χ1n) is 7.84. The van der Waals surface area contributed by atoms with Crippen LogP contribution in [0.2, 0.25) is 0 Å². The van der Waals surface area contributed by atoms with Gasteiger partial charge in [-0.15, -0.1) is 0 Å². The van der Waals surface area contributed by atoms with E-state index in [-0.39, 0.29) is 0 Å². The Labute approximate surface area is 118 Å². The average Bonchev–Trinajstić information content (AvgIpc) is 2.96. The van der Waals surface area contributed by atoms with E-state index in [1.807, 2.05) is 0 Å². The van der Waals surface area contributed by atoms with E-state index in [2.05, 4.69) is 47.5 Å². The van der Waals surface area contributed by atoms with Gasteiger partial charge in [-0.25, -0.2) is 0 Å². The summed E-state index contributed by atoms with van der Waals surface area (Å²) in [6, 6.07) is 10.8. The molecular formula is C17H28N2. The van der Waals surface area contributed by atoms with E-state index in [0.717, 1.165) is 13.1 Å². The van der Waals surface area contributed by atoms with Crippen molar-refractivity contribution in [2.24, 2.45) is 0 Å². The van der Waals surface area contributed by atoms with Crippen LogP contribution in [0, 0.1) is 0 Å². The highest BCUT2D eigenvalue weighted by Crippen LogP contribution is 2.17. The number of hydrogen-bond acceptors (Lipinski definition) is 2. The van der Waals surface area contributed by atoms with Crippen LogP contribution in [0.25, 0.3) is 0 Å². The number of likely N-dealkylation sites (tertiary alicyclic amines) is 1. The monoisotopic (exact) mass is 260 g/mol. The van der Waals surface area contributed by atoms with Crippen molar-refractivity contribution in [1.29, 1.82) is 0 Å². The molecule has 106 valence electrons. The molecule has 0 saturated carbocycles. The van der Waals surface area contributed by atoms with E-state index in [1.54, 1.807) is 0 Å². The Morgan fingerprint density at radius 1 is 1.11 bits per heavy atom. The lowest BCUT2D eigenvalue weighted by molar-refractivity contribution is 0.331. The van der Waals surface area contributed by atoms with Crippen molar-refractivity contribution in [3.63, 3.8) is 0 Å². The van der Waals surface area contributed by atoms with Gasteiger partial charge in [0.05, 0.1) is 0 Å². The maximum Gasteiger partial charge on any atom is -0.000664 e. The van der Waals surface area contributed by atoms with Crippen LogP contribution >= 0.6 is 0 Å². The molecule has 1 aromatic rings. The second-order valence-corrected chi connectivity index (χ2v) is 5.75. The molecule has 1 atom stereocenters. The predicted octanol–water partition coefficient (Wildman–Crippen LogP) is 3.26. The van der Waals surface area contributed by atoms with Gasteiger partial charge in [-0.05, 0) is 69.9 Å². The van der Waals surface area contributed by atoms with Crippen molar-refractivity contribution in [2.75, 3.05) is 32.7 Å². The highest BCUT2D eigenvalue weighted by Gasteiger charge is 2.10. The Morgan fingerprint density at radius 3 is 2.58 bits per heavy atom. The third kappa shape index (κ3) is 5.33. The van der Waals surface area contributed by atoms with E-state index < -0.39 is 0 Å². The predicted molar refractivity (Wildman–Crippen MR) is 82.6 cm³/mol. The fourth-order valence-electron chi connectivity index (χ4n) is 2.83. The minimum Gasteiger partial charge on any atom is -0.317 e. The Balaban J connectivity index is 1.49. The summed E-state index contributed by atoms with van der Waals surface area (Å²) in [6.45, 7) is 8.55. The van der Waals surface area contributed by atoms with Crippen molar-refractivity contribution in [1.82, 2.24) is 10.2 Å². The number of hydrogen-bond donors (Lipinski definition) is 1. The highest BCUT2D eigenvalue weighted by atomic mass is 15.1. The van der Waals surface area contributed by atoms with Gasteiger partial charge in [-0.3, -0.25) is 0 Å². The lowest BCUT2D eigenvalue weighted by atomic mass is 9.98. The standard InChI is InChI=1S/C17H28N2/c1-16(17-8-3-2-4-9-17)10-12-18-11-7-15-19-13-5-6-14-19/h2-4,8-9,16,18H,5-7,10-15H2,1H3. The zero-order chi connectivity index (χ0) is 13.3. The van der Waals surface area contributed by atoms with Crippen molar-refractivity contribution in [3.8, 4) is 0 Å². The van der Waals surface area contributed by atoms with E-state index in [1.165, 1.54) is 50.9 Å². The molecule has 1 N–H and O–H groups in total. The molecule has 1 heterocycles. The first-order chi connectivity index (χ1) is 9.36. The van der Waals surface area contributed by atoms with E-state index >= 15 is 0 Å². The van der Waals surface area contributed by atoms with Crippen LogP contribution in [0.15, 0.2) is 30.3 Å². The number of benzene rings is 1. The van der Waals surface area contributed by atoms with Crippen LogP contribution in [0.4, 0.5) is 0 Å². The normalized spacial score (nSPS) is 17.7. The molecule has 0 spiro atoms. The molecular weight excluding hydrogens is 232 g/mol. The smallest absolute Gasteiger partial charge is 0.000664 e. The molecule has 1 aliphatic heterocycles. The van der Waals surface area contributed by atoms with Gasteiger partial charge in [0.25, 0.3) is 0 Å². The summed E-state index contributed by atoms with van der Waals surface area (Å²) >= 11 is 0. The van der Waals surface area contributed by atoms with Gasteiger partial charge in [0, 0.05) is 0 Å². The zero-order valence-corrected chi connectivity index (χ0v) is 12.3. The topological polar surface area (TPSA) is 15.3 Å². The average molecular weight is 260 g/mol. The Bertz CT molecular complexity index is 330. The van der Waals surface area contributed by atoms with Gasteiger partial charge >= 0.3 is 0 Å². The molecule has 19 heavy (non-hydrogen) atoms. The zero-order valence-electron chi connectivity index (χ0n) is 12.3. The lowest BCUT2D eigenvalue weighted by Crippen LogP contribution is -2.25. The first kappa shape index (κ1) is 14.5. The van der Waals surface area contributed by atoms with Crippen molar-refractivity contribution < 1.29 is 0 Å². The summed E-state index contributed by atoms with van der Waals surface area (Å²) in [6.07, 6.45) is 5.33. The molecule has 0 aliphatic carbocycles. The second kappa shape index (κ2) is 8.34. The maximum absolute atomic E-state index is 3.58. The van der Waals surface area contributed by atoms with Crippen molar-refractivity contribution in [3.05, 3.63) is 35.9 Å². The van der Waals surface area contributed by atoms with E-state index in [0.29, 0.717) is 5.92 Å². The molecule has 0 radical (unpaired) electrons. The minimum atomic E-state index is 0.660. The molecule has 1 fully saturated rings. The van der Waals surface area contributed by atoms with E-state index in [4.69, 9.17) is 0 Å². The van der Waals surface area contributed by atoms with Crippen LogP contribution < -0.4 is 5.32 Å². The molecule has 2 rings (SSSR count).